The van der Waals surface area contributed by atoms with Gasteiger partial charge in [-0.1, -0.05) is 16.9 Å². The first-order chi connectivity index (χ1) is 18.2. The van der Waals surface area contributed by atoms with Crippen molar-refractivity contribution in [3.63, 3.8) is 0 Å². The highest BCUT2D eigenvalue weighted by Crippen LogP contribution is 2.42. The quantitative estimate of drug-likeness (QED) is 0.0835. The number of benzene rings is 1. The first-order valence-corrected chi connectivity index (χ1v) is 13.6. The molecule has 0 aliphatic carbocycles. The maximum atomic E-state index is 13.0. The van der Waals surface area contributed by atoms with Crippen LogP contribution in [0, 0.1) is 0 Å². The Morgan fingerprint density at radius 3 is 2.79 bits per heavy atom. The van der Waals surface area contributed by atoms with Gasteiger partial charge in [0, 0.05) is 29.0 Å². The number of oxazole rings is 1. The van der Waals surface area contributed by atoms with Crippen molar-refractivity contribution in [3.8, 4) is 11.5 Å². The number of nitrogens with one attached hydrogen (secondary N) is 1. The fourth-order valence-electron chi connectivity index (χ4n) is 3.84. The van der Waals surface area contributed by atoms with E-state index in [-0.39, 0.29) is 56.0 Å². The van der Waals surface area contributed by atoms with Crippen molar-refractivity contribution in [2.75, 3.05) is 24.3 Å². The Morgan fingerprint density at radius 1 is 1.34 bits per heavy atom. The Hall–Kier alpha value is -3.96. The van der Waals surface area contributed by atoms with Gasteiger partial charge in [-0.15, -0.1) is 23.1 Å². The van der Waals surface area contributed by atoms with Gasteiger partial charge >= 0.3 is 5.97 Å². The summed E-state index contributed by atoms with van der Waals surface area (Å²) in [5.74, 6) is -2.85. The summed E-state index contributed by atoms with van der Waals surface area (Å²) >= 11 is 3.51. The van der Waals surface area contributed by atoms with E-state index in [9.17, 15) is 29.7 Å². The lowest BCUT2D eigenvalue weighted by atomic mass is 10.0. The van der Waals surface area contributed by atoms with Gasteiger partial charge in [-0.25, -0.2) is 14.8 Å². The number of amides is 2. The summed E-state index contributed by atoms with van der Waals surface area (Å²) in [6.07, 6.45) is 0. The third-order valence-electron chi connectivity index (χ3n) is 5.53. The van der Waals surface area contributed by atoms with Crippen LogP contribution in [-0.2, 0) is 19.2 Å². The van der Waals surface area contributed by atoms with Gasteiger partial charge in [-0.05, 0) is 5.57 Å². The molecule has 0 unspecified atom stereocenters. The molecule has 5 rings (SSSR count). The number of hydrogen-bond donors (Lipinski definition) is 5. The zero-order valence-corrected chi connectivity index (χ0v) is 21.7. The van der Waals surface area contributed by atoms with Gasteiger partial charge in [0.25, 0.3) is 17.0 Å². The molecule has 0 spiro atoms. The summed E-state index contributed by atoms with van der Waals surface area (Å²) < 4.78 is 5.56. The van der Waals surface area contributed by atoms with Crippen LogP contribution >= 0.6 is 34.9 Å². The van der Waals surface area contributed by atoms with E-state index < -0.39 is 29.2 Å². The number of carbonyl (C=O) groups is 3. The lowest BCUT2D eigenvalue weighted by Crippen LogP contribution is -2.71. The Kier molecular flexibility index (Phi) is 6.80. The number of thioether (sulfide) groups is 2. The van der Waals surface area contributed by atoms with E-state index in [1.165, 1.54) is 36.4 Å². The van der Waals surface area contributed by atoms with Gasteiger partial charge in [-0.2, -0.15) is 0 Å². The number of carbonyl (C=O) groups excluding carboxylic acids is 2. The number of nitrogen functional groups attached to an aromatic ring is 1. The number of aromatic nitrogens is 2. The second-order valence-electron chi connectivity index (χ2n) is 7.89. The monoisotopic (exact) mass is 578 g/mol. The number of β-lactam (4-membered cyclic amide) rings is 1. The lowest BCUT2D eigenvalue weighted by molar-refractivity contribution is -0.150. The van der Waals surface area contributed by atoms with E-state index in [0.29, 0.717) is 11.1 Å². The Bertz CT molecular complexity index is 1490. The summed E-state index contributed by atoms with van der Waals surface area (Å²) in [5.41, 5.74) is 6.52. The third kappa shape index (κ3) is 4.59. The van der Waals surface area contributed by atoms with Crippen LogP contribution in [0.2, 0.25) is 0 Å². The zero-order chi connectivity index (χ0) is 27.1. The van der Waals surface area contributed by atoms with Crippen LogP contribution in [0.5, 0.6) is 11.5 Å². The normalized spacial score (nSPS) is 19.3. The molecule has 1 saturated heterocycles. The molecule has 14 nitrogen and oxygen atoms in total. The number of rotatable bonds is 8. The van der Waals surface area contributed by atoms with Crippen LogP contribution in [-0.4, -0.2) is 83.7 Å². The SMILES string of the molecule is CON=C(C(=O)N[C@@H]1C(=O)N2C(C(=O)O)=C(CSc3nc4cc(O)c(O)cc4o3)CS[C@H]12)c1csc(N)n1. The number of thiazole rings is 1. The smallest absolute Gasteiger partial charge is 0.352 e. The number of carboxylic acids is 1. The summed E-state index contributed by atoms with van der Waals surface area (Å²) in [6, 6.07) is 1.50. The van der Waals surface area contributed by atoms with E-state index in [4.69, 9.17) is 15.0 Å². The molecule has 1 fully saturated rings. The molecule has 4 heterocycles. The molecule has 0 bridgehead atoms. The topological polar surface area (TPSA) is 214 Å². The van der Waals surface area contributed by atoms with Crippen LogP contribution in [0.1, 0.15) is 5.69 Å². The maximum absolute atomic E-state index is 13.0. The van der Waals surface area contributed by atoms with Crippen molar-refractivity contribution in [2.24, 2.45) is 5.16 Å². The summed E-state index contributed by atoms with van der Waals surface area (Å²) in [6.45, 7) is 0. The molecule has 17 heteroatoms. The Morgan fingerprint density at radius 2 is 2.11 bits per heavy atom. The maximum Gasteiger partial charge on any atom is 0.352 e. The average Bonchev–Trinajstić information content (AvgIpc) is 3.49. The van der Waals surface area contributed by atoms with Gasteiger partial charge < -0.3 is 35.6 Å². The second-order valence-corrected chi connectivity index (χ2v) is 10.8. The molecular formula is C21H18N6O8S3. The number of nitrogens with zero attached hydrogens (tertiary/aromatic N) is 4. The molecule has 2 atom stereocenters. The molecule has 2 amide bonds. The number of fused-ring (bicyclic) bond motifs is 2. The molecular weight excluding hydrogens is 560 g/mol. The minimum atomic E-state index is -1.28. The van der Waals surface area contributed by atoms with Crippen molar-refractivity contribution in [2.45, 2.75) is 16.6 Å². The summed E-state index contributed by atoms with van der Waals surface area (Å²) in [5, 5.41) is 36.7. The van der Waals surface area contributed by atoms with Crippen LogP contribution < -0.4 is 11.1 Å². The number of anilines is 1. The molecule has 2 aromatic heterocycles. The number of oxime groups is 1. The predicted octanol–water partition coefficient (Wildman–Crippen LogP) is 1.16. The molecule has 0 saturated carbocycles. The molecule has 0 radical (unpaired) electrons. The van der Waals surface area contributed by atoms with E-state index in [1.807, 2.05) is 0 Å². The first kappa shape index (κ1) is 25.7. The molecule has 38 heavy (non-hydrogen) atoms. The fraction of sp³-hybridized carbons (Fsp3) is 0.238. The summed E-state index contributed by atoms with van der Waals surface area (Å²) in [7, 11) is 1.26. The van der Waals surface area contributed by atoms with Crippen molar-refractivity contribution in [1.82, 2.24) is 20.2 Å². The first-order valence-electron chi connectivity index (χ1n) is 10.7. The second kappa shape index (κ2) is 10.1. The number of hydrogen-bond acceptors (Lipinski definition) is 14. The van der Waals surface area contributed by atoms with Gasteiger partial charge in [0.1, 0.15) is 35.4 Å². The molecule has 1 aromatic carbocycles. The minimum absolute atomic E-state index is 0.156. The molecule has 2 aliphatic rings. The largest absolute Gasteiger partial charge is 0.504 e. The van der Waals surface area contributed by atoms with Gasteiger partial charge in [0.15, 0.2) is 27.9 Å². The number of phenolic OH excluding ortho intramolecular Hbond substituents is 2. The molecule has 3 aromatic rings. The van der Waals surface area contributed by atoms with Gasteiger partial charge in [0.05, 0.1) is 0 Å². The highest BCUT2D eigenvalue weighted by molar-refractivity contribution is 8.01. The van der Waals surface area contributed by atoms with Crippen molar-refractivity contribution >= 4 is 74.6 Å². The van der Waals surface area contributed by atoms with Crippen LogP contribution in [0.4, 0.5) is 5.13 Å². The van der Waals surface area contributed by atoms with Crippen molar-refractivity contribution < 1.29 is 39.0 Å². The lowest BCUT2D eigenvalue weighted by Gasteiger charge is -2.49. The number of carboxylic acid groups (broad SMARTS) is 1. The van der Waals surface area contributed by atoms with E-state index >= 15 is 0 Å². The molecule has 198 valence electrons. The average molecular weight is 579 g/mol. The van der Waals surface area contributed by atoms with Crippen LogP contribution in [0.15, 0.2) is 43.6 Å². The highest BCUT2D eigenvalue weighted by atomic mass is 32.2. The third-order valence-corrected chi connectivity index (χ3v) is 8.46. The number of aliphatic carboxylic acids is 1. The van der Waals surface area contributed by atoms with E-state index in [1.54, 1.807) is 0 Å². The van der Waals surface area contributed by atoms with Crippen molar-refractivity contribution in [3.05, 3.63) is 34.5 Å². The van der Waals surface area contributed by atoms with Crippen LogP contribution in [0.25, 0.3) is 11.1 Å². The standard InChI is InChI=1S/C21H18N6O8S3/c1-34-26-13(9-6-37-20(22)23-9)16(30)25-14-17(31)27-15(19(32)33)7(4-36-18(14)27)5-38-21-24-8-2-10(28)11(29)3-12(8)35-21/h2-3,6,14,18,28-29H,4-5H2,1H3,(H2,22,23)(H,25,30)(H,32,33)/t14-,18-/m1/s1. The van der Waals surface area contributed by atoms with Gasteiger partial charge in [-0.3, -0.25) is 14.5 Å². The van der Waals surface area contributed by atoms with Gasteiger partial charge in [0.2, 0.25) is 0 Å². The number of phenols is 2. The fourth-order valence-corrected chi connectivity index (χ4v) is 6.71. The van der Waals surface area contributed by atoms with E-state index in [2.05, 4.69) is 20.4 Å². The molecule has 6 N–H and O–H groups in total. The predicted molar refractivity (Wildman–Crippen MR) is 138 cm³/mol. The Balaban J connectivity index is 1.31. The number of nitrogens with two attached hydrogens (primary N) is 1. The zero-order valence-electron chi connectivity index (χ0n) is 19.3. The highest BCUT2D eigenvalue weighted by Gasteiger charge is 2.54. The Labute approximate surface area is 225 Å². The summed E-state index contributed by atoms with van der Waals surface area (Å²) in [4.78, 5) is 52.1. The minimum Gasteiger partial charge on any atom is -0.504 e. The van der Waals surface area contributed by atoms with Crippen molar-refractivity contribution in [1.29, 1.82) is 0 Å². The number of aromatic hydroxyl groups is 2. The molecule has 2 aliphatic heterocycles. The van der Waals surface area contributed by atoms with Crippen LogP contribution in [0.3, 0.4) is 0 Å². The van der Waals surface area contributed by atoms with E-state index in [0.717, 1.165) is 28.0 Å².